The monoisotopic (exact) mass is 291 g/mol. The molecule has 0 aromatic carbocycles. The lowest BCUT2D eigenvalue weighted by Gasteiger charge is -2.22. The van der Waals surface area contributed by atoms with E-state index in [9.17, 15) is 4.79 Å². The molecule has 0 aliphatic rings. The van der Waals surface area contributed by atoms with Gasteiger partial charge in [0.05, 0.1) is 11.8 Å². The number of alkyl carbamates (subject to hydrolysis) is 1. The van der Waals surface area contributed by atoms with Crippen LogP contribution in [-0.4, -0.2) is 34.5 Å². The highest BCUT2D eigenvalue weighted by molar-refractivity contribution is 5.68. The number of hydrogen-bond acceptors (Lipinski definition) is 6. The Morgan fingerprint density at radius 2 is 2.24 bits per heavy atom. The van der Waals surface area contributed by atoms with E-state index in [0.29, 0.717) is 24.3 Å². The van der Waals surface area contributed by atoms with Gasteiger partial charge < -0.3 is 15.4 Å². The van der Waals surface area contributed by atoms with Crippen molar-refractivity contribution in [1.82, 2.24) is 15.5 Å². The van der Waals surface area contributed by atoms with Crippen LogP contribution >= 0.6 is 0 Å². The van der Waals surface area contributed by atoms with Crippen LogP contribution in [-0.2, 0) is 4.74 Å². The number of nitrogens with zero attached hydrogens (tertiary/aromatic N) is 3. The molecular weight excluding hydrogens is 270 g/mol. The van der Waals surface area contributed by atoms with Crippen LogP contribution in [0.3, 0.4) is 0 Å². The Labute approximate surface area is 124 Å². The zero-order valence-electron chi connectivity index (χ0n) is 12.8. The number of carbonyl (C=O) groups excluding carboxylic acids is 1. The lowest BCUT2D eigenvalue weighted by Crippen LogP contribution is -2.38. The first-order chi connectivity index (χ1) is 9.80. The van der Waals surface area contributed by atoms with Crippen molar-refractivity contribution in [3.63, 3.8) is 0 Å². The number of rotatable bonds is 5. The number of nitrogens with one attached hydrogen (secondary N) is 2. The van der Waals surface area contributed by atoms with Crippen molar-refractivity contribution in [2.24, 2.45) is 0 Å². The molecular formula is C14H21N5O2. The van der Waals surface area contributed by atoms with E-state index in [1.165, 1.54) is 6.20 Å². The SMILES string of the molecule is CC(CCNc1cc(C#N)cnn1)NC(=O)OC(C)(C)C. The fraction of sp³-hybridized carbons (Fsp3) is 0.571. The number of anilines is 1. The molecule has 7 heteroatoms. The first-order valence-electron chi connectivity index (χ1n) is 6.76. The normalized spacial score (nSPS) is 12.1. The van der Waals surface area contributed by atoms with Crippen LogP contribution in [0.25, 0.3) is 0 Å². The van der Waals surface area contributed by atoms with Gasteiger partial charge in [-0.2, -0.15) is 10.4 Å². The van der Waals surface area contributed by atoms with Crippen molar-refractivity contribution in [3.8, 4) is 6.07 Å². The minimum atomic E-state index is -0.505. The Hall–Kier alpha value is -2.36. The minimum absolute atomic E-state index is 0.0422. The maximum atomic E-state index is 11.6. The summed E-state index contributed by atoms with van der Waals surface area (Å²) in [5.74, 6) is 0.540. The molecule has 1 rings (SSSR count). The summed E-state index contributed by atoms with van der Waals surface area (Å²) >= 11 is 0. The maximum Gasteiger partial charge on any atom is 0.407 e. The van der Waals surface area contributed by atoms with Gasteiger partial charge in [-0.3, -0.25) is 0 Å². The standard InChI is InChI=1S/C14H21N5O2/c1-10(18-13(20)21-14(2,3)4)5-6-16-12-7-11(8-15)9-17-19-12/h7,9-10H,5-6H2,1-4H3,(H,16,19)(H,18,20). The predicted octanol–water partition coefficient (Wildman–Crippen LogP) is 2.06. The molecule has 1 aromatic rings. The number of amides is 1. The highest BCUT2D eigenvalue weighted by Gasteiger charge is 2.17. The van der Waals surface area contributed by atoms with Crippen molar-refractivity contribution in [2.75, 3.05) is 11.9 Å². The van der Waals surface area contributed by atoms with E-state index in [2.05, 4.69) is 20.8 Å². The molecule has 1 aromatic heterocycles. The minimum Gasteiger partial charge on any atom is -0.444 e. The molecule has 2 N–H and O–H groups in total. The van der Waals surface area contributed by atoms with Gasteiger partial charge in [-0.1, -0.05) is 0 Å². The summed E-state index contributed by atoms with van der Waals surface area (Å²) in [6, 6.07) is 3.58. The van der Waals surface area contributed by atoms with Gasteiger partial charge in [0.1, 0.15) is 17.5 Å². The van der Waals surface area contributed by atoms with E-state index >= 15 is 0 Å². The largest absolute Gasteiger partial charge is 0.444 e. The second-order valence-electron chi connectivity index (χ2n) is 5.70. The molecule has 0 saturated carbocycles. The van der Waals surface area contributed by atoms with Crippen molar-refractivity contribution in [2.45, 2.75) is 45.8 Å². The van der Waals surface area contributed by atoms with Crippen LogP contribution in [0.15, 0.2) is 12.3 Å². The first-order valence-corrected chi connectivity index (χ1v) is 6.76. The van der Waals surface area contributed by atoms with E-state index in [1.807, 2.05) is 33.8 Å². The summed E-state index contributed by atoms with van der Waals surface area (Å²) < 4.78 is 5.17. The number of carbonyl (C=O) groups is 1. The van der Waals surface area contributed by atoms with Crippen molar-refractivity contribution < 1.29 is 9.53 Å². The fourth-order valence-corrected chi connectivity index (χ4v) is 1.51. The summed E-state index contributed by atoms with van der Waals surface area (Å²) in [6.45, 7) is 7.95. The summed E-state index contributed by atoms with van der Waals surface area (Å²) in [4.78, 5) is 11.6. The molecule has 1 atom stereocenters. The number of hydrogen-bond donors (Lipinski definition) is 2. The van der Waals surface area contributed by atoms with Gasteiger partial charge in [0.15, 0.2) is 0 Å². The lowest BCUT2D eigenvalue weighted by molar-refractivity contribution is 0.0507. The quantitative estimate of drug-likeness (QED) is 0.861. The third kappa shape index (κ3) is 7.11. The van der Waals surface area contributed by atoms with Gasteiger partial charge in [0.25, 0.3) is 0 Å². The van der Waals surface area contributed by atoms with E-state index in [0.717, 1.165) is 0 Å². The Bertz CT molecular complexity index is 519. The molecule has 0 aliphatic heterocycles. The topological polar surface area (TPSA) is 99.9 Å². The molecule has 0 spiro atoms. The molecule has 0 fully saturated rings. The van der Waals surface area contributed by atoms with Gasteiger partial charge in [-0.15, -0.1) is 5.10 Å². The summed E-state index contributed by atoms with van der Waals surface area (Å²) in [6.07, 6.45) is 1.66. The predicted molar refractivity (Wildman–Crippen MR) is 78.7 cm³/mol. The van der Waals surface area contributed by atoms with Gasteiger partial charge in [-0.05, 0) is 34.1 Å². The molecule has 0 saturated heterocycles. The highest BCUT2D eigenvalue weighted by atomic mass is 16.6. The lowest BCUT2D eigenvalue weighted by atomic mass is 10.2. The van der Waals surface area contributed by atoms with Crippen LogP contribution in [0.1, 0.15) is 39.7 Å². The molecule has 0 bridgehead atoms. The van der Waals surface area contributed by atoms with Crippen LogP contribution < -0.4 is 10.6 Å². The van der Waals surface area contributed by atoms with Crippen LogP contribution in [0.2, 0.25) is 0 Å². The Kier molecular flexibility index (Phi) is 5.91. The highest BCUT2D eigenvalue weighted by Crippen LogP contribution is 2.07. The van der Waals surface area contributed by atoms with Crippen LogP contribution in [0.5, 0.6) is 0 Å². The Morgan fingerprint density at radius 1 is 1.52 bits per heavy atom. The smallest absolute Gasteiger partial charge is 0.407 e. The van der Waals surface area contributed by atoms with Crippen LogP contribution in [0, 0.1) is 11.3 Å². The molecule has 114 valence electrons. The molecule has 1 amide bonds. The molecule has 21 heavy (non-hydrogen) atoms. The van der Waals surface area contributed by atoms with Gasteiger partial charge in [0.2, 0.25) is 0 Å². The average Bonchev–Trinajstić information content (AvgIpc) is 2.36. The van der Waals surface area contributed by atoms with Crippen LogP contribution in [0.4, 0.5) is 10.6 Å². The Balaban J connectivity index is 2.32. The number of aromatic nitrogens is 2. The van der Waals surface area contributed by atoms with Gasteiger partial charge in [-0.25, -0.2) is 4.79 Å². The maximum absolute atomic E-state index is 11.6. The summed E-state index contributed by atoms with van der Waals surface area (Å²) in [7, 11) is 0. The molecule has 7 nitrogen and oxygen atoms in total. The number of nitriles is 1. The molecule has 1 heterocycles. The van der Waals surface area contributed by atoms with Crippen molar-refractivity contribution in [1.29, 1.82) is 5.26 Å². The van der Waals surface area contributed by atoms with E-state index in [4.69, 9.17) is 10.00 Å². The molecule has 1 unspecified atom stereocenters. The van der Waals surface area contributed by atoms with E-state index < -0.39 is 11.7 Å². The molecule has 0 radical (unpaired) electrons. The first kappa shape index (κ1) is 16.7. The second kappa shape index (κ2) is 7.43. The van der Waals surface area contributed by atoms with Crippen molar-refractivity contribution in [3.05, 3.63) is 17.8 Å². The third-order valence-corrected chi connectivity index (χ3v) is 2.43. The summed E-state index contributed by atoms with van der Waals surface area (Å²) in [5.41, 5.74) is -0.0533. The molecule has 0 aliphatic carbocycles. The van der Waals surface area contributed by atoms with Gasteiger partial charge >= 0.3 is 6.09 Å². The third-order valence-electron chi connectivity index (χ3n) is 2.43. The van der Waals surface area contributed by atoms with Crippen molar-refractivity contribution >= 4 is 11.9 Å². The Morgan fingerprint density at radius 3 is 2.86 bits per heavy atom. The average molecular weight is 291 g/mol. The van der Waals surface area contributed by atoms with E-state index in [-0.39, 0.29) is 6.04 Å². The summed E-state index contributed by atoms with van der Waals surface area (Å²) in [5, 5.41) is 22.2. The second-order valence-corrected chi connectivity index (χ2v) is 5.70. The zero-order chi connectivity index (χ0) is 15.9. The zero-order valence-corrected chi connectivity index (χ0v) is 12.8. The van der Waals surface area contributed by atoms with Gasteiger partial charge in [0, 0.05) is 18.7 Å². The van der Waals surface area contributed by atoms with E-state index in [1.54, 1.807) is 6.07 Å². The fourth-order valence-electron chi connectivity index (χ4n) is 1.51. The number of ether oxygens (including phenoxy) is 1.